The Morgan fingerprint density at radius 2 is 1.89 bits per heavy atom. The number of rotatable bonds is 4. The lowest BCUT2D eigenvalue weighted by atomic mass is 10.2. The summed E-state index contributed by atoms with van der Waals surface area (Å²) in [5.74, 6) is -0.515. The molecule has 1 N–H and O–H groups in total. The molecule has 3 heterocycles. The Hall–Kier alpha value is -2.91. The Bertz CT molecular complexity index is 961. The zero-order valence-corrected chi connectivity index (χ0v) is 15.3. The number of fused-ring (bicyclic) bond motifs is 1. The van der Waals surface area contributed by atoms with E-state index in [4.69, 9.17) is 4.74 Å². The van der Waals surface area contributed by atoms with Gasteiger partial charge in [0.2, 0.25) is 5.88 Å². The number of nitrogens with zero attached hydrogens (tertiary/aromatic N) is 5. The molecule has 0 aromatic carbocycles. The Kier molecular flexibility index (Phi) is 4.66. The fourth-order valence-corrected chi connectivity index (χ4v) is 2.36. The maximum atomic E-state index is 12.9. The molecule has 144 valence electrons. The van der Waals surface area contributed by atoms with Crippen molar-refractivity contribution in [3.63, 3.8) is 0 Å². The number of hydrogen-bond donors (Lipinski definition) is 1. The molecule has 7 nitrogen and oxygen atoms in total. The average molecular weight is 380 g/mol. The minimum absolute atomic E-state index is 0.115. The maximum Gasteiger partial charge on any atom is 0.453 e. The van der Waals surface area contributed by atoms with Gasteiger partial charge in [-0.15, -0.1) is 5.10 Å². The Balaban J connectivity index is 1.85. The summed E-state index contributed by atoms with van der Waals surface area (Å²) in [5.41, 5.74) is 0.989. The zero-order chi connectivity index (χ0) is 19.8. The lowest BCUT2D eigenvalue weighted by Crippen LogP contribution is -2.23. The molecular weight excluding hydrogens is 361 g/mol. The van der Waals surface area contributed by atoms with Crippen LogP contribution in [0.4, 0.5) is 19.0 Å². The van der Waals surface area contributed by atoms with Crippen LogP contribution in [-0.2, 0) is 12.7 Å². The van der Waals surface area contributed by atoms with E-state index < -0.39 is 12.0 Å². The number of aryl methyl sites for hydroxylation is 1. The van der Waals surface area contributed by atoms with Crippen molar-refractivity contribution in [2.75, 3.05) is 5.32 Å². The van der Waals surface area contributed by atoms with Gasteiger partial charge in [0.15, 0.2) is 0 Å². The lowest BCUT2D eigenvalue weighted by Gasteiger charge is -2.20. The van der Waals surface area contributed by atoms with E-state index in [9.17, 15) is 13.2 Å². The molecule has 0 bridgehead atoms. The van der Waals surface area contributed by atoms with E-state index in [1.54, 1.807) is 31.3 Å². The molecule has 0 fully saturated rings. The monoisotopic (exact) mass is 380 g/mol. The third-order valence-corrected chi connectivity index (χ3v) is 3.38. The summed E-state index contributed by atoms with van der Waals surface area (Å²) < 4.78 is 45.4. The van der Waals surface area contributed by atoms with Gasteiger partial charge in [0.1, 0.15) is 11.4 Å². The van der Waals surface area contributed by atoms with Crippen LogP contribution in [0.1, 0.15) is 37.9 Å². The highest BCUT2D eigenvalue weighted by atomic mass is 19.4. The fraction of sp³-hybridized carbons (Fsp3) is 0.412. The van der Waals surface area contributed by atoms with Gasteiger partial charge in [-0.3, -0.25) is 0 Å². The first-order valence-corrected chi connectivity index (χ1v) is 8.21. The van der Waals surface area contributed by atoms with Crippen molar-refractivity contribution >= 4 is 11.6 Å². The van der Waals surface area contributed by atoms with Crippen molar-refractivity contribution in [3.8, 4) is 5.88 Å². The van der Waals surface area contributed by atoms with Crippen LogP contribution in [0.5, 0.6) is 5.88 Å². The highest BCUT2D eigenvalue weighted by Crippen LogP contribution is 2.27. The second-order valence-electron chi connectivity index (χ2n) is 7.00. The first kappa shape index (κ1) is 18.9. The molecule has 0 aliphatic rings. The van der Waals surface area contributed by atoms with Gasteiger partial charge in [0.05, 0.1) is 0 Å². The van der Waals surface area contributed by atoms with Gasteiger partial charge >= 0.3 is 6.18 Å². The molecule has 0 amide bonds. The van der Waals surface area contributed by atoms with Crippen LogP contribution in [0.3, 0.4) is 0 Å². The highest BCUT2D eigenvalue weighted by Gasteiger charge is 2.36. The largest absolute Gasteiger partial charge is 0.472 e. The third-order valence-electron chi connectivity index (χ3n) is 3.38. The molecule has 0 spiro atoms. The van der Waals surface area contributed by atoms with Crippen molar-refractivity contribution in [1.29, 1.82) is 0 Å². The van der Waals surface area contributed by atoms with Crippen LogP contribution in [0.2, 0.25) is 0 Å². The number of nitrogens with one attached hydrogen (secondary N) is 1. The molecule has 10 heteroatoms. The smallest absolute Gasteiger partial charge is 0.453 e. The van der Waals surface area contributed by atoms with Crippen LogP contribution in [0.15, 0.2) is 24.4 Å². The summed E-state index contributed by atoms with van der Waals surface area (Å²) >= 11 is 0. The van der Waals surface area contributed by atoms with Crippen LogP contribution in [0.25, 0.3) is 5.78 Å². The van der Waals surface area contributed by atoms with Gasteiger partial charge in [-0.2, -0.15) is 22.7 Å². The first-order valence-electron chi connectivity index (χ1n) is 8.21. The van der Waals surface area contributed by atoms with E-state index in [0.29, 0.717) is 23.9 Å². The summed E-state index contributed by atoms with van der Waals surface area (Å²) in [5, 5.41) is 6.59. The highest BCUT2D eigenvalue weighted by molar-refractivity contribution is 5.46. The average Bonchev–Trinajstić information content (AvgIpc) is 2.95. The molecule has 3 aromatic heterocycles. The first-order chi connectivity index (χ1) is 12.5. The van der Waals surface area contributed by atoms with E-state index in [-0.39, 0.29) is 11.4 Å². The van der Waals surface area contributed by atoms with E-state index in [2.05, 4.69) is 25.4 Å². The maximum absolute atomic E-state index is 12.9. The molecule has 0 saturated carbocycles. The molecule has 27 heavy (non-hydrogen) atoms. The molecule has 0 aliphatic carbocycles. The molecule has 0 saturated heterocycles. The summed E-state index contributed by atoms with van der Waals surface area (Å²) in [4.78, 5) is 11.6. The number of aromatic nitrogens is 5. The van der Waals surface area contributed by atoms with Gasteiger partial charge in [0.25, 0.3) is 11.6 Å². The number of ether oxygens (including phenoxy) is 1. The number of pyridine rings is 1. The molecule has 3 aromatic rings. The van der Waals surface area contributed by atoms with Crippen molar-refractivity contribution in [2.45, 2.75) is 46.0 Å². The van der Waals surface area contributed by atoms with E-state index >= 15 is 0 Å². The Morgan fingerprint density at radius 1 is 1.15 bits per heavy atom. The minimum Gasteiger partial charge on any atom is -0.472 e. The van der Waals surface area contributed by atoms with Gasteiger partial charge in [0, 0.05) is 30.6 Å². The molecule has 0 unspecified atom stereocenters. The molecule has 0 atom stereocenters. The molecule has 3 rings (SSSR count). The van der Waals surface area contributed by atoms with Gasteiger partial charge in [-0.25, -0.2) is 9.97 Å². The number of alkyl halides is 3. The summed E-state index contributed by atoms with van der Waals surface area (Å²) in [6.07, 6.45) is -3.02. The van der Waals surface area contributed by atoms with Gasteiger partial charge < -0.3 is 10.1 Å². The summed E-state index contributed by atoms with van der Waals surface area (Å²) in [6, 6.07) is 5.16. The zero-order valence-electron chi connectivity index (χ0n) is 15.3. The van der Waals surface area contributed by atoms with Crippen molar-refractivity contribution in [2.24, 2.45) is 0 Å². The lowest BCUT2D eigenvalue weighted by molar-refractivity contribution is -0.144. The van der Waals surface area contributed by atoms with Crippen LogP contribution < -0.4 is 10.1 Å². The fourth-order valence-electron chi connectivity index (χ4n) is 2.36. The molecule has 0 aliphatic heterocycles. The minimum atomic E-state index is -4.64. The van der Waals surface area contributed by atoms with E-state index in [1.807, 2.05) is 20.8 Å². The van der Waals surface area contributed by atoms with Gasteiger partial charge in [-0.05, 0) is 39.3 Å². The van der Waals surface area contributed by atoms with Crippen molar-refractivity contribution in [3.05, 3.63) is 41.5 Å². The number of halogens is 3. The second-order valence-corrected chi connectivity index (χ2v) is 7.00. The quantitative estimate of drug-likeness (QED) is 0.745. The van der Waals surface area contributed by atoms with Crippen LogP contribution in [0, 0.1) is 6.92 Å². The normalized spacial score (nSPS) is 12.4. The topological polar surface area (TPSA) is 77.2 Å². The summed E-state index contributed by atoms with van der Waals surface area (Å²) in [7, 11) is 0. The standard InChI is InChI=1S/C17H19F3N6O/c1-10-7-12(26-15(23-10)24-14(25-26)17(18,19)20)22-9-11-5-6-21-13(8-11)27-16(2,3)4/h5-8,22H,9H2,1-4H3. The Morgan fingerprint density at radius 3 is 2.56 bits per heavy atom. The molecular formula is C17H19F3N6O. The molecule has 0 radical (unpaired) electrons. The SMILES string of the molecule is Cc1cc(NCc2ccnc(OC(C)(C)C)c2)n2nc(C(F)(F)F)nc2n1. The van der Waals surface area contributed by atoms with Crippen molar-refractivity contribution in [1.82, 2.24) is 24.6 Å². The Labute approximate surface area is 153 Å². The van der Waals surface area contributed by atoms with Crippen LogP contribution >= 0.6 is 0 Å². The number of hydrogen-bond acceptors (Lipinski definition) is 6. The third kappa shape index (κ3) is 4.63. The summed E-state index contributed by atoms with van der Waals surface area (Å²) in [6.45, 7) is 7.76. The predicted molar refractivity (Wildman–Crippen MR) is 92.5 cm³/mol. The predicted octanol–water partition coefficient (Wildman–Crippen LogP) is 3.64. The van der Waals surface area contributed by atoms with Crippen LogP contribution in [-0.4, -0.2) is 30.2 Å². The van der Waals surface area contributed by atoms with Crippen molar-refractivity contribution < 1.29 is 17.9 Å². The number of anilines is 1. The second kappa shape index (κ2) is 6.67. The van der Waals surface area contributed by atoms with E-state index in [1.165, 1.54) is 0 Å². The van der Waals surface area contributed by atoms with E-state index in [0.717, 1.165) is 10.1 Å². The van der Waals surface area contributed by atoms with Gasteiger partial charge in [-0.1, -0.05) is 0 Å².